The first-order valence-corrected chi connectivity index (χ1v) is 5.17. The zero-order valence-corrected chi connectivity index (χ0v) is 9.45. The number of rotatable bonds is 5. The average molecular weight is 257 g/mol. The van der Waals surface area contributed by atoms with Crippen LogP contribution in [-0.4, -0.2) is 31.3 Å². The molecule has 7 heteroatoms. The van der Waals surface area contributed by atoms with Crippen molar-refractivity contribution in [1.29, 1.82) is 0 Å². The molecule has 0 saturated heterocycles. The van der Waals surface area contributed by atoms with E-state index >= 15 is 0 Å². The van der Waals surface area contributed by atoms with Crippen molar-refractivity contribution in [3.05, 3.63) is 29.8 Å². The van der Waals surface area contributed by atoms with E-state index < -0.39 is 24.8 Å². The highest BCUT2D eigenvalue weighted by Gasteiger charge is 2.09. The Bertz CT molecular complexity index is 421. The van der Waals surface area contributed by atoms with Crippen LogP contribution in [0.5, 0.6) is 0 Å². The van der Waals surface area contributed by atoms with E-state index in [1.54, 1.807) is 12.1 Å². The molecular weight excluding hydrogens is 244 g/mol. The summed E-state index contributed by atoms with van der Waals surface area (Å²) in [5.41, 5.74) is 6.30. The van der Waals surface area contributed by atoms with Crippen LogP contribution in [0.4, 0.5) is 14.5 Å². The Morgan fingerprint density at radius 2 is 1.78 bits per heavy atom. The lowest BCUT2D eigenvalue weighted by Gasteiger charge is -2.06. The summed E-state index contributed by atoms with van der Waals surface area (Å²) >= 11 is 0. The lowest BCUT2D eigenvalue weighted by Crippen LogP contribution is -2.38. The third kappa shape index (κ3) is 4.77. The highest BCUT2D eigenvalue weighted by molar-refractivity contribution is 5.96. The predicted molar refractivity (Wildman–Crippen MR) is 62.2 cm³/mol. The molecule has 0 aliphatic rings. The van der Waals surface area contributed by atoms with Crippen LogP contribution in [0.15, 0.2) is 24.3 Å². The van der Waals surface area contributed by atoms with E-state index in [2.05, 4.69) is 5.32 Å². The Balaban J connectivity index is 2.37. The minimum atomic E-state index is -2.61. The Kier molecular flexibility index (Phi) is 5.04. The molecule has 0 unspecified atom stereocenters. The van der Waals surface area contributed by atoms with Crippen LogP contribution in [0, 0.1) is 0 Å². The number of carbonyl (C=O) groups excluding carboxylic acids is 2. The van der Waals surface area contributed by atoms with E-state index in [9.17, 15) is 18.4 Å². The molecule has 1 aromatic carbocycles. The summed E-state index contributed by atoms with van der Waals surface area (Å²) < 4.78 is 23.6. The molecule has 1 rings (SSSR count). The number of hydrogen-bond donors (Lipinski definition) is 3. The van der Waals surface area contributed by atoms with Gasteiger partial charge in [0.15, 0.2) is 0 Å². The Morgan fingerprint density at radius 3 is 2.33 bits per heavy atom. The molecule has 0 bridgehead atoms. The summed E-state index contributed by atoms with van der Waals surface area (Å²) in [5.74, 6) is -1.14. The van der Waals surface area contributed by atoms with Crippen LogP contribution in [0.1, 0.15) is 10.4 Å². The van der Waals surface area contributed by atoms with E-state index in [1.165, 1.54) is 12.1 Å². The molecule has 1 aromatic rings. The molecule has 2 amide bonds. The SMILES string of the molecule is Nc1ccc(C(=O)NCC(=O)NCC(F)F)cc1. The van der Waals surface area contributed by atoms with E-state index in [-0.39, 0.29) is 6.54 Å². The molecule has 98 valence electrons. The summed E-state index contributed by atoms with van der Waals surface area (Å²) in [5, 5.41) is 4.28. The van der Waals surface area contributed by atoms with Gasteiger partial charge in [0.05, 0.1) is 13.1 Å². The third-order valence-electron chi connectivity index (χ3n) is 2.04. The molecule has 18 heavy (non-hydrogen) atoms. The molecular formula is C11H13F2N3O2. The molecule has 0 heterocycles. The zero-order chi connectivity index (χ0) is 13.5. The van der Waals surface area contributed by atoms with Crippen molar-refractivity contribution < 1.29 is 18.4 Å². The number of nitrogens with one attached hydrogen (secondary N) is 2. The molecule has 0 atom stereocenters. The number of alkyl halides is 2. The number of benzene rings is 1. The van der Waals surface area contributed by atoms with Gasteiger partial charge in [-0.25, -0.2) is 8.78 Å². The Labute approximate surface area is 102 Å². The van der Waals surface area contributed by atoms with Crippen molar-refractivity contribution in [2.24, 2.45) is 0 Å². The second kappa shape index (κ2) is 6.53. The minimum Gasteiger partial charge on any atom is -0.399 e. The highest BCUT2D eigenvalue weighted by atomic mass is 19.3. The number of amides is 2. The first-order valence-electron chi connectivity index (χ1n) is 5.17. The van der Waals surface area contributed by atoms with Gasteiger partial charge in [0, 0.05) is 11.3 Å². The highest BCUT2D eigenvalue weighted by Crippen LogP contribution is 2.04. The van der Waals surface area contributed by atoms with E-state index in [0.29, 0.717) is 11.3 Å². The molecule has 0 spiro atoms. The fourth-order valence-corrected chi connectivity index (χ4v) is 1.15. The van der Waals surface area contributed by atoms with Gasteiger partial charge >= 0.3 is 0 Å². The summed E-state index contributed by atoms with van der Waals surface area (Å²) in [4.78, 5) is 22.6. The lowest BCUT2D eigenvalue weighted by atomic mass is 10.2. The normalized spacial score (nSPS) is 10.2. The first-order chi connectivity index (χ1) is 8.49. The number of nitrogen functional groups attached to an aromatic ring is 1. The topological polar surface area (TPSA) is 84.2 Å². The molecule has 0 aromatic heterocycles. The Morgan fingerprint density at radius 1 is 1.17 bits per heavy atom. The smallest absolute Gasteiger partial charge is 0.255 e. The van der Waals surface area contributed by atoms with E-state index in [4.69, 9.17) is 5.73 Å². The summed E-state index contributed by atoms with van der Waals surface area (Å²) in [6, 6.07) is 6.10. The first kappa shape index (κ1) is 13.9. The molecule has 0 fully saturated rings. The third-order valence-corrected chi connectivity index (χ3v) is 2.04. The summed E-state index contributed by atoms with van der Waals surface area (Å²) in [6.07, 6.45) is -2.61. The monoisotopic (exact) mass is 257 g/mol. The standard InChI is InChI=1S/C11H13F2N3O2/c12-9(13)5-15-10(17)6-16-11(18)7-1-3-8(14)4-2-7/h1-4,9H,5-6,14H2,(H,15,17)(H,16,18). The molecule has 0 aliphatic heterocycles. The predicted octanol–water partition coefficient (Wildman–Crippen LogP) is 0.380. The maximum Gasteiger partial charge on any atom is 0.255 e. The minimum absolute atomic E-state index is 0.339. The van der Waals surface area contributed by atoms with Crippen LogP contribution >= 0.6 is 0 Å². The van der Waals surface area contributed by atoms with Crippen LogP contribution in [0.2, 0.25) is 0 Å². The van der Waals surface area contributed by atoms with Crippen LogP contribution in [0.3, 0.4) is 0 Å². The quantitative estimate of drug-likeness (QED) is 0.667. The van der Waals surface area contributed by atoms with Gasteiger partial charge in [-0.3, -0.25) is 9.59 Å². The summed E-state index contributed by atoms with van der Waals surface area (Å²) in [7, 11) is 0. The van der Waals surface area contributed by atoms with Gasteiger partial charge in [0.25, 0.3) is 12.3 Å². The van der Waals surface area contributed by atoms with Crippen LogP contribution < -0.4 is 16.4 Å². The number of nitrogens with two attached hydrogens (primary N) is 1. The van der Waals surface area contributed by atoms with Gasteiger partial charge in [-0.05, 0) is 24.3 Å². The summed E-state index contributed by atoms with van der Waals surface area (Å²) in [6.45, 7) is -1.08. The van der Waals surface area contributed by atoms with Crippen molar-refractivity contribution in [3.8, 4) is 0 Å². The molecule has 0 saturated carbocycles. The largest absolute Gasteiger partial charge is 0.399 e. The number of hydrogen-bond acceptors (Lipinski definition) is 3. The molecule has 0 aliphatic carbocycles. The van der Waals surface area contributed by atoms with Crippen molar-refractivity contribution in [1.82, 2.24) is 10.6 Å². The maximum absolute atomic E-state index is 11.8. The van der Waals surface area contributed by atoms with Gasteiger partial charge in [-0.15, -0.1) is 0 Å². The van der Waals surface area contributed by atoms with Crippen molar-refractivity contribution >= 4 is 17.5 Å². The Hall–Kier alpha value is -2.18. The van der Waals surface area contributed by atoms with Gasteiger partial charge in [-0.1, -0.05) is 0 Å². The zero-order valence-electron chi connectivity index (χ0n) is 9.45. The average Bonchev–Trinajstić information content (AvgIpc) is 2.34. The second-order valence-electron chi connectivity index (χ2n) is 3.50. The van der Waals surface area contributed by atoms with Gasteiger partial charge in [0.1, 0.15) is 0 Å². The molecule has 4 N–H and O–H groups in total. The van der Waals surface area contributed by atoms with E-state index in [0.717, 1.165) is 0 Å². The van der Waals surface area contributed by atoms with Crippen molar-refractivity contribution in [2.75, 3.05) is 18.8 Å². The van der Waals surface area contributed by atoms with Crippen molar-refractivity contribution in [3.63, 3.8) is 0 Å². The fourth-order valence-electron chi connectivity index (χ4n) is 1.15. The number of anilines is 1. The van der Waals surface area contributed by atoms with Crippen LogP contribution in [-0.2, 0) is 4.79 Å². The van der Waals surface area contributed by atoms with Gasteiger partial charge < -0.3 is 16.4 Å². The number of carbonyl (C=O) groups is 2. The molecule has 5 nitrogen and oxygen atoms in total. The van der Waals surface area contributed by atoms with E-state index in [1.807, 2.05) is 5.32 Å². The molecule has 0 radical (unpaired) electrons. The van der Waals surface area contributed by atoms with Gasteiger partial charge in [0.2, 0.25) is 5.91 Å². The fraction of sp³-hybridized carbons (Fsp3) is 0.273. The lowest BCUT2D eigenvalue weighted by molar-refractivity contribution is -0.120. The maximum atomic E-state index is 11.8. The van der Waals surface area contributed by atoms with Crippen LogP contribution in [0.25, 0.3) is 0 Å². The van der Waals surface area contributed by atoms with Gasteiger partial charge in [-0.2, -0.15) is 0 Å². The number of halogens is 2. The second-order valence-corrected chi connectivity index (χ2v) is 3.50. The van der Waals surface area contributed by atoms with Crippen molar-refractivity contribution in [2.45, 2.75) is 6.43 Å².